The van der Waals surface area contributed by atoms with Crippen LogP contribution in [-0.2, 0) is 0 Å². The zero-order chi connectivity index (χ0) is 17.2. The van der Waals surface area contributed by atoms with Gasteiger partial charge in [0.1, 0.15) is 19.0 Å². The van der Waals surface area contributed by atoms with E-state index < -0.39 is 0 Å². The first kappa shape index (κ1) is 16.0. The quantitative estimate of drug-likeness (QED) is 0.824. The lowest BCUT2D eigenvalue weighted by atomic mass is 10.1. The van der Waals surface area contributed by atoms with Crippen molar-refractivity contribution < 1.29 is 14.3 Å². The molecule has 0 aliphatic carbocycles. The van der Waals surface area contributed by atoms with Crippen molar-refractivity contribution in [2.75, 3.05) is 44.3 Å². The number of aromatic nitrogens is 1. The molecule has 2 aliphatic heterocycles. The number of pyridine rings is 1. The highest BCUT2D eigenvalue weighted by atomic mass is 35.5. The van der Waals surface area contributed by atoms with Gasteiger partial charge in [0.15, 0.2) is 11.5 Å². The van der Waals surface area contributed by atoms with Crippen LogP contribution in [0.5, 0.6) is 11.5 Å². The molecule has 2 aliphatic rings. The highest BCUT2D eigenvalue weighted by Crippen LogP contribution is 2.34. The smallest absolute Gasteiger partial charge is 0.257 e. The number of para-hydroxylation sites is 1. The molecule has 130 valence electrons. The summed E-state index contributed by atoms with van der Waals surface area (Å²) in [7, 11) is 0. The van der Waals surface area contributed by atoms with Crippen LogP contribution in [0, 0.1) is 0 Å². The lowest BCUT2D eigenvalue weighted by molar-refractivity contribution is 0.0736. The van der Waals surface area contributed by atoms with Crippen LogP contribution in [-0.4, -0.2) is 55.2 Å². The molecule has 25 heavy (non-hydrogen) atoms. The standard InChI is InChI=1S/C18H18ClN3O3/c19-13-4-5-16(20-12-13)21-6-8-22(9-7-21)18(23)14-2-1-3-15-17(14)25-11-10-24-15/h1-5,12H,6-11H2. The van der Waals surface area contributed by atoms with E-state index in [1.807, 2.05) is 29.2 Å². The summed E-state index contributed by atoms with van der Waals surface area (Å²) in [6.07, 6.45) is 1.64. The fraction of sp³-hybridized carbons (Fsp3) is 0.333. The Balaban J connectivity index is 1.46. The Morgan fingerprint density at radius 1 is 1.04 bits per heavy atom. The van der Waals surface area contributed by atoms with Gasteiger partial charge in [-0.1, -0.05) is 17.7 Å². The molecule has 0 N–H and O–H groups in total. The van der Waals surface area contributed by atoms with Gasteiger partial charge in [-0.3, -0.25) is 4.79 Å². The second-order valence-corrected chi connectivity index (χ2v) is 6.38. The molecule has 4 rings (SSSR count). The van der Waals surface area contributed by atoms with E-state index in [2.05, 4.69) is 9.88 Å². The Kier molecular flexibility index (Phi) is 4.36. The van der Waals surface area contributed by atoms with Crippen molar-refractivity contribution in [3.8, 4) is 11.5 Å². The van der Waals surface area contributed by atoms with Gasteiger partial charge < -0.3 is 19.3 Å². The largest absolute Gasteiger partial charge is 0.486 e. The summed E-state index contributed by atoms with van der Waals surface area (Å²) in [4.78, 5) is 21.2. The van der Waals surface area contributed by atoms with E-state index in [4.69, 9.17) is 21.1 Å². The Morgan fingerprint density at radius 3 is 2.60 bits per heavy atom. The Bertz CT molecular complexity index is 774. The molecule has 2 aromatic rings. The first-order chi connectivity index (χ1) is 12.2. The molecule has 0 spiro atoms. The number of hydrogen-bond donors (Lipinski definition) is 0. The number of halogens is 1. The number of piperazine rings is 1. The summed E-state index contributed by atoms with van der Waals surface area (Å²) in [6.45, 7) is 3.70. The molecule has 6 nitrogen and oxygen atoms in total. The fourth-order valence-electron chi connectivity index (χ4n) is 3.11. The minimum absolute atomic E-state index is 0.0222. The second kappa shape index (κ2) is 6.80. The summed E-state index contributed by atoms with van der Waals surface area (Å²) in [5.41, 5.74) is 0.565. The number of nitrogens with zero attached hydrogens (tertiary/aromatic N) is 3. The summed E-state index contributed by atoms with van der Waals surface area (Å²) in [5, 5.41) is 0.619. The van der Waals surface area contributed by atoms with Crippen molar-refractivity contribution in [3.05, 3.63) is 47.1 Å². The summed E-state index contributed by atoms with van der Waals surface area (Å²) in [5.74, 6) is 2.05. The van der Waals surface area contributed by atoms with Crippen molar-refractivity contribution >= 4 is 23.3 Å². The van der Waals surface area contributed by atoms with Gasteiger partial charge in [0, 0.05) is 32.4 Å². The van der Waals surface area contributed by atoms with Crippen LogP contribution in [0.2, 0.25) is 5.02 Å². The van der Waals surface area contributed by atoms with E-state index in [-0.39, 0.29) is 5.91 Å². The van der Waals surface area contributed by atoms with Crippen LogP contribution in [0.1, 0.15) is 10.4 Å². The molecule has 0 atom stereocenters. The molecular weight excluding hydrogens is 342 g/mol. The van der Waals surface area contributed by atoms with Gasteiger partial charge in [-0.2, -0.15) is 0 Å². The van der Waals surface area contributed by atoms with Crippen molar-refractivity contribution in [2.24, 2.45) is 0 Å². The van der Waals surface area contributed by atoms with Gasteiger partial charge in [-0.05, 0) is 24.3 Å². The Morgan fingerprint density at radius 2 is 1.84 bits per heavy atom. The normalized spacial score (nSPS) is 16.7. The molecule has 0 radical (unpaired) electrons. The van der Waals surface area contributed by atoms with Gasteiger partial charge in [-0.15, -0.1) is 0 Å². The zero-order valence-corrected chi connectivity index (χ0v) is 14.4. The average Bonchev–Trinajstić information content (AvgIpc) is 2.68. The van der Waals surface area contributed by atoms with Crippen LogP contribution in [0.25, 0.3) is 0 Å². The number of fused-ring (bicyclic) bond motifs is 1. The van der Waals surface area contributed by atoms with Crippen LogP contribution in [0.3, 0.4) is 0 Å². The van der Waals surface area contributed by atoms with Gasteiger partial charge in [-0.25, -0.2) is 4.98 Å². The maximum Gasteiger partial charge on any atom is 0.257 e. The number of carbonyl (C=O) groups is 1. The fourth-order valence-corrected chi connectivity index (χ4v) is 3.22. The minimum Gasteiger partial charge on any atom is -0.486 e. The highest BCUT2D eigenvalue weighted by molar-refractivity contribution is 6.30. The van der Waals surface area contributed by atoms with Crippen LogP contribution in [0.4, 0.5) is 5.82 Å². The molecule has 1 amide bonds. The first-order valence-corrected chi connectivity index (χ1v) is 8.64. The summed E-state index contributed by atoms with van der Waals surface area (Å²) in [6, 6.07) is 9.18. The summed E-state index contributed by atoms with van der Waals surface area (Å²) >= 11 is 5.89. The topological polar surface area (TPSA) is 54.9 Å². The van der Waals surface area contributed by atoms with Crippen molar-refractivity contribution in [3.63, 3.8) is 0 Å². The van der Waals surface area contributed by atoms with Crippen LogP contribution >= 0.6 is 11.6 Å². The van der Waals surface area contributed by atoms with E-state index in [1.165, 1.54) is 0 Å². The lowest BCUT2D eigenvalue weighted by Gasteiger charge is -2.35. The molecule has 1 saturated heterocycles. The molecule has 0 saturated carbocycles. The number of rotatable bonds is 2. The van der Waals surface area contributed by atoms with E-state index in [0.717, 1.165) is 18.9 Å². The lowest BCUT2D eigenvalue weighted by Crippen LogP contribution is -2.49. The monoisotopic (exact) mass is 359 g/mol. The molecule has 1 fully saturated rings. The van der Waals surface area contributed by atoms with Gasteiger partial charge in [0.25, 0.3) is 5.91 Å². The minimum atomic E-state index is -0.0222. The second-order valence-electron chi connectivity index (χ2n) is 5.94. The third kappa shape index (κ3) is 3.22. The predicted octanol–water partition coefficient (Wildman–Crippen LogP) is 2.47. The molecule has 0 bridgehead atoms. The predicted molar refractivity (Wildman–Crippen MR) is 94.8 cm³/mol. The van der Waals surface area contributed by atoms with Gasteiger partial charge in [0.2, 0.25) is 0 Å². The molecular formula is C18H18ClN3O3. The first-order valence-electron chi connectivity index (χ1n) is 8.27. The van der Waals surface area contributed by atoms with Crippen LogP contribution < -0.4 is 14.4 Å². The third-order valence-electron chi connectivity index (χ3n) is 4.40. The van der Waals surface area contributed by atoms with E-state index in [9.17, 15) is 4.79 Å². The van der Waals surface area contributed by atoms with Gasteiger partial charge >= 0.3 is 0 Å². The Hall–Kier alpha value is -2.47. The molecule has 7 heteroatoms. The Labute approximate surface area is 150 Å². The van der Waals surface area contributed by atoms with Gasteiger partial charge in [0.05, 0.1) is 10.6 Å². The molecule has 3 heterocycles. The van der Waals surface area contributed by atoms with Crippen LogP contribution in [0.15, 0.2) is 36.5 Å². The number of ether oxygens (including phenoxy) is 2. The number of carbonyl (C=O) groups excluding carboxylic acids is 1. The number of benzene rings is 1. The van der Waals surface area contributed by atoms with Crippen molar-refractivity contribution in [2.45, 2.75) is 0 Å². The maximum absolute atomic E-state index is 12.9. The number of anilines is 1. The number of hydrogen-bond acceptors (Lipinski definition) is 5. The van der Waals surface area contributed by atoms with Crippen molar-refractivity contribution in [1.29, 1.82) is 0 Å². The zero-order valence-electron chi connectivity index (χ0n) is 13.7. The third-order valence-corrected chi connectivity index (χ3v) is 4.62. The molecule has 1 aromatic carbocycles. The molecule has 1 aromatic heterocycles. The maximum atomic E-state index is 12.9. The van der Waals surface area contributed by atoms with E-state index in [0.29, 0.717) is 48.4 Å². The summed E-state index contributed by atoms with van der Waals surface area (Å²) < 4.78 is 11.2. The molecule has 0 unspecified atom stereocenters. The van der Waals surface area contributed by atoms with Crippen molar-refractivity contribution in [1.82, 2.24) is 9.88 Å². The van der Waals surface area contributed by atoms with E-state index >= 15 is 0 Å². The average molecular weight is 360 g/mol. The number of amides is 1. The van der Waals surface area contributed by atoms with E-state index in [1.54, 1.807) is 12.3 Å². The SMILES string of the molecule is O=C(c1cccc2c1OCCO2)N1CCN(c2ccc(Cl)cn2)CC1. The highest BCUT2D eigenvalue weighted by Gasteiger charge is 2.27.